The molecule has 2 heterocycles. The summed E-state index contributed by atoms with van der Waals surface area (Å²) >= 11 is 1.68. The minimum atomic E-state index is 0.481. The van der Waals surface area contributed by atoms with Crippen molar-refractivity contribution >= 4 is 16.5 Å². The van der Waals surface area contributed by atoms with Gasteiger partial charge in [0.05, 0.1) is 0 Å². The molecule has 0 aromatic carbocycles. The number of nitrogens with zero attached hydrogens (tertiary/aromatic N) is 3. The smallest absolute Gasteiger partial charge is 0.208 e. The molecule has 4 nitrogen and oxygen atoms in total. The van der Waals surface area contributed by atoms with E-state index in [9.17, 15) is 0 Å². The molecule has 0 bridgehead atoms. The molecule has 1 fully saturated rings. The molecule has 0 spiro atoms. The fourth-order valence-corrected chi connectivity index (χ4v) is 2.89. The van der Waals surface area contributed by atoms with Crippen molar-refractivity contribution < 1.29 is 0 Å². The van der Waals surface area contributed by atoms with Crippen LogP contribution in [0.25, 0.3) is 0 Å². The predicted molar refractivity (Wildman–Crippen MR) is 68.2 cm³/mol. The Kier molecular flexibility index (Phi) is 3.76. The monoisotopic (exact) mass is 240 g/mol. The molecule has 1 N–H and O–H groups in total. The van der Waals surface area contributed by atoms with E-state index < -0.39 is 0 Å². The van der Waals surface area contributed by atoms with Gasteiger partial charge in [0.25, 0.3) is 0 Å². The summed E-state index contributed by atoms with van der Waals surface area (Å²) in [5.74, 6) is 0. The second-order valence-electron chi connectivity index (χ2n) is 4.64. The molecule has 1 atom stereocenters. The highest BCUT2D eigenvalue weighted by atomic mass is 32.1. The first-order valence-electron chi connectivity index (χ1n) is 5.97. The van der Waals surface area contributed by atoms with Crippen LogP contribution in [0.5, 0.6) is 0 Å². The Morgan fingerprint density at radius 3 is 2.81 bits per heavy atom. The first-order valence-corrected chi connectivity index (χ1v) is 6.78. The number of nitrogens with one attached hydrogen (secondary N) is 1. The van der Waals surface area contributed by atoms with Gasteiger partial charge in [-0.25, -0.2) is 0 Å². The highest BCUT2D eigenvalue weighted by molar-refractivity contribution is 7.15. The third-order valence-electron chi connectivity index (χ3n) is 2.96. The Morgan fingerprint density at radius 1 is 1.50 bits per heavy atom. The van der Waals surface area contributed by atoms with Crippen LogP contribution in [0.4, 0.5) is 5.13 Å². The Hall–Kier alpha value is -0.680. The zero-order valence-corrected chi connectivity index (χ0v) is 11.0. The standard InChI is InChI=1S/C11H20N4S/c1-8(2)15(7-10-5-4-6-12-10)11-14-13-9(3)16-11/h8,10,12H,4-7H2,1-3H3. The van der Waals surface area contributed by atoms with Gasteiger partial charge in [-0.2, -0.15) is 0 Å². The van der Waals surface area contributed by atoms with Gasteiger partial charge in [0.2, 0.25) is 5.13 Å². The predicted octanol–water partition coefficient (Wildman–Crippen LogP) is 1.81. The molecule has 0 amide bonds. The van der Waals surface area contributed by atoms with Crippen molar-refractivity contribution in [2.24, 2.45) is 0 Å². The van der Waals surface area contributed by atoms with Crippen LogP contribution in [0.1, 0.15) is 31.7 Å². The van der Waals surface area contributed by atoms with Crippen LogP contribution in [0.2, 0.25) is 0 Å². The number of hydrogen-bond acceptors (Lipinski definition) is 5. The van der Waals surface area contributed by atoms with Crippen molar-refractivity contribution in [2.45, 2.75) is 45.7 Å². The van der Waals surface area contributed by atoms with Gasteiger partial charge in [-0.05, 0) is 40.2 Å². The molecule has 0 radical (unpaired) electrons. The summed E-state index contributed by atoms with van der Waals surface area (Å²) in [4.78, 5) is 2.35. The molecule has 1 saturated heterocycles. The van der Waals surface area contributed by atoms with Gasteiger partial charge in [-0.1, -0.05) is 11.3 Å². The Morgan fingerprint density at radius 2 is 2.31 bits per heavy atom. The van der Waals surface area contributed by atoms with Crippen LogP contribution in [0.15, 0.2) is 0 Å². The number of anilines is 1. The maximum Gasteiger partial charge on any atom is 0.208 e. The van der Waals surface area contributed by atoms with Crippen LogP contribution in [0.3, 0.4) is 0 Å². The van der Waals surface area contributed by atoms with E-state index in [4.69, 9.17) is 0 Å². The molecule has 1 unspecified atom stereocenters. The molecule has 2 rings (SSSR count). The molecule has 1 aromatic heterocycles. The van der Waals surface area contributed by atoms with Crippen LogP contribution in [-0.2, 0) is 0 Å². The second kappa shape index (κ2) is 5.10. The summed E-state index contributed by atoms with van der Waals surface area (Å²) in [6, 6.07) is 1.10. The average molecular weight is 240 g/mol. The van der Waals surface area contributed by atoms with Crippen LogP contribution in [0, 0.1) is 6.92 Å². The summed E-state index contributed by atoms with van der Waals surface area (Å²) < 4.78 is 0. The zero-order chi connectivity index (χ0) is 11.5. The van der Waals surface area contributed by atoms with E-state index in [1.807, 2.05) is 6.92 Å². The summed E-state index contributed by atoms with van der Waals surface area (Å²) in [5, 5.41) is 14.0. The molecule has 90 valence electrons. The maximum atomic E-state index is 4.25. The van der Waals surface area contributed by atoms with E-state index in [0.29, 0.717) is 12.1 Å². The summed E-state index contributed by atoms with van der Waals surface area (Å²) in [6.07, 6.45) is 2.58. The highest BCUT2D eigenvalue weighted by Gasteiger charge is 2.21. The molecule has 0 saturated carbocycles. The Bertz CT molecular complexity index is 330. The van der Waals surface area contributed by atoms with Crippen molar-refractivity contribution in [3.63, 3.8) is 0 Å². The molecular weight excluding hydrogens is 220 g/mol. The summed E-state index contributed by atoms with van der Waals surface area (Å²) in [6.45, 7) is 8.64. The molecule has 1 aliphatic heterocycles. The van der Waals surface area contributed by atoms with E-state index in [-0.39, 0.29) is 0 Å². The first-order chi connectivity index (χ1) is 7.66. The van der Waals surface area contributed by atoms with Gasteiger partial charge in [0, 0.05) is 18.6 Å². The van der Waals surface area contributed by atoms with Crippen LogP contribution < -0.4 is 10.2 Å². The lowest BCUT2D eigenvalue weighted by atomic mass is 10.2. The van der Waals surface area contributed by atoms with Gasteiger partial charge in [0.15, 0.2) is 0 Å². The fraction of sp³-hybridized carbons (Fsp3) is 0.818. The molecular formula is C11H20N4S. The van der Waals surface area contributed by atoms with Crippen molar-refractivity contribution in [3.8, 4) is 0 Å². The van der Waals surface area contributed by atoms with Crippen molar-refractivity contribution in [1.29, 1.82) is 0 Å². The van der Waals surface area contributed by atoms with Crippen LogP contribution in [-0.4, -0.2) is 35.4 Å². The fourth-order valence-electron chi connectivity index (χ4n) is 2.06. The molecule has 5 heteroatoms. The average Bonchev–Trinajstić information content (AvgIpc) is 2.84. The third kappa shape index (κ3) is 2.71. The van der Waals surface area contributed by atoms with E-state index in [2.05, 4.69) is 34.3 Å². The van der Waals surface area contributed by atoms with Crippen molar-refractivity contribution in [1.82, 2.24) is 15.5 Å². The highest BCUT2D eigenvalue weighted by Crippen LogP contribution is 2.23. The Balaban J connectivity index is 2.04. The van der Waals surface area contributed by atoms with Crippen molar-refractivity contribution in [2.75, 3.05) is 18.0 Å². The number of aryl methyl sites for hydroxylation is 1. The normalized spacial score (nSPS) is 20.6. The van der Waals surface area contributed by atoms with Crippen LogP contribution >= 0.6 is 11.3 Å². The lowest BCUT2D eigenvalue weighted by Crippen LogP contribution is -2.41. The Labute approximate surface area is 101 Å². The molecule has 1 aliphatic rings. The summed E-state index contributed by atoms with van der Waals surface area (Å²) in [5.41, 5.74) is 0. The maximum absolute atomic E-state index is 4.25. The quantitative estimate of drug-likeness (QED) is 0.871. The second-order valence-corrected chi connectivity index (χ2v) is 5.80. The minimum absolute atomic E-state index is 0.481. The lowest BCUT2D eigenvalue weighted by molar-refractivity contribution is 0.551. The number of hydrogen-bond donors (Lipinski definition) is 1. The topological polar surface area (TPSA) is 41.1 Å². The lowest BCUT2D eigenvalue weighted by Gasteiger charge is -2.28. The minimum Gasteiger partial charge on any atom is -0.343 e. The first kappa shape index (κ1) is 11.8. The number of rotatable bonds is 4. The van der Waals surface area contributed by atoms with Gasteiger partial charge in [0.1, 0.15) is 5.01 Å². The van der Waals surface area contributed by atoms with Gasteiger partial charge in [-0.15, -0.1) is 10.2 Å². The third-order valence-corrected chi connectivity index (χ3v) is 3.84. The molecule has 16 heavy (non-hydrogen) atoms. The number of aromatic nitrogens is 2. The molecule has 1 aromatic rings. The van der Waals surface area contributed by atoms with Gasteiger partial charge in [-0.3, -0.25) is 0 Å². The largest absolute Gasteiger partial charge is 0.343 e. The van der Waals surface area contributed by atoms with Crippen molar-refractivity contribution in [3.05, 3.63) is 5.01 Å². The van der Waals surface area contributed by atoms with E-state index in [1.165, 1.54) is 12.8 Å². The summed E-state index contributed by atoms with van der Waals surface area (Å²) in [7, 11) is 0. The van der Waals surface area contributed by atoms with Gasteiger partial charge >= 0.3 is 0 Å². The van der Waals surface area contributed by atoms with Gasteiger partial charge < -0.3 is 10.2 Å². The van der Waals surface area contributed by atoms with E-state index in [1.54, 1.807) is 11.3 Å². The van der Waals surface area contributed by atoms with E-state index in [0.717, 1.165) is 23.2 Å². The van der Waals surface area contributed by atoms with E-state index >= 15 is 0 Å². The SMILES string of the molecule is Cc1nnc(N(CC2CCCN2)C(C)C)s1. The zero-order valence-electron chi connectivity index (χ0n) is 10.2. The molecule has 0 aliphatic carbocycles.